The minimum absolute atomic E-state index is 0.0628. The number of piperidine rings is 1. The van der Waals surface area contributed by atoms with E-state index in [1.165, 1.54) is 12.1 Å². The molecule has 2 rings (SSSR count). The molecule has 0 atom stereocenters. The first-order valence-corrected chi connectivity index (χ1v) is 6.66. The van der Waals surface area contributed by atoms with Gasteiger partial charge in [-0.2, -0.15) is 0 Å². The van der Waals surface area contributed by atoms with Crippen molar-refractivity contribution in [2.75, 3.05) is 23.4 Å². The predicted octanol–water partition coefficient (Wildman–Crippen LogP) is 0.367. The molecule has 1 amide bonds. The van der Waals surface area contributed by atoms with Gasteiger partial charge in [0.05, 0.1) is 17.1 Å². The van der Waals surface area contributed by atoms with Gasteiger partial charge in [-0.3, -0.25) is 14.9 Å². The third-order valence-electron chi connectivity index (χ3n) is 3.58. The Labute approximate surface area is 121 Å². The highest BCUT2D eigenvalue weighted by atomic mass is 16.6. The van der Waals surface area contributed by atoms with Gasteiger partial charge in [-0.15, -0.1) is 0 Å². The molecule has 21 heavy (non-hydrogen) atoms. The minimum Gasteiger partial charge on any atom is -0.370 e. The number of hydrogen-bond donors (Lipinski definition) is 3. The number of amides is 1. The van der Waals surface area contributed by atoms with Crippen molar-refractivity contribution in [1.82, 2.24) is 4.98 Å². The molecule has 5 N–H and O–H groups in total. The summed E-state index contributed by atoms with van der Waals surface area (Å²) in [6.07, 6.45) is 1.99. The molecule has 9 heteroatoms. The number of nitrogens with two attached hydrogens (primary N) is 2. The van der Waals surface area contributed by atoms with E-state index in [-0.39, 0.29) is 23.3 Å². The first-order valence-electron chi connectivity index (χ1n) is 6.66. The molecule has 0 aromatic carbocycles. The lowest BCUT2D eigenvalue weighted by molar-refractivity contribution is -0.384. The molecule has 2 heterocycles. The van der Waals surface area contributed by atoms with E-state index < -0.39 is 4.92 Å². The van der Waals surface area contributed by atoms with Gasteiger partial charge in [-0.1, -0.05) is 0 Å². The topological polar surface area (TPSA) is 140 Å². The third kappa shape index (κ3) is 3.78. The molecule has 1 aromatic rings. The van der Waals surface area contributed by atoms with Crippen molar-refractivity contribution < 1.29 is 9.72 Å². The zero-order chi connectivity index (χ0) is 15.4. The van der Waals surface area contributed by atoms with Crippen molar-refractivity contribution in [2.45, 2.75) is 19.3 Å². The van der Waals surface area contributed by atoms with Crippen LogP contribution < -0.4 is 21.9 Å². The van der Waals surface area contributed by atoms with E-state index in [0.29, 0.717) is 25.3 Å². The number of nitrogens with zero attached hydrogens (tertiary/aromatic N) is 3. The van der Waals surface area contributed by atoms with Crippen LogP contribution in [0.15, 0.2) is 12.1 Å². The number of rotatable bonds is 5. The van der Waals surface area contributed by atoms with E-state index in [1.54, 1.807) is 0 Å². The lowest BCUT2D eigenvalue weighted by Crippen LogP contribution is -2.35. The second-order valence-electron chi connectivity index (χ2n) is 5.07. The number of carbonyl (C=O) groups is 1. The van der Waals surface area contributed by atoms with E-state index in [2.05, 4.69) is 10.4 Å². The largest absolute Gasteiger partial charge is 0.370 e. The average Bonchev–Trinajstić information content (AvgIpc) is 2.46. The zero-order valence-electron chi connectivity index (χ0n) is 11.5. The summed E-state index contributed by atoms with van der Waals surface area (Å²) in [6.45, 7) is 1.35. The molecule has 1 aromatic heterocycles. The van der Waals surface area contributed by atoms with Crippen LogP contribution in [0.3, 0.4) is 0 Å². The summed E-state index contributed by atoms with van der Waals surface area (Å²) in [7, 11) is 0. The molecule has 1 aliphatic heterocycles. The molecular weight excluding hydrogens is 276 g/mol. The highest BCUT2D eigenvalue weighted by Crippen LogP contribution is 2.27. The third-order valence-corrected chi connectivity index (χ3v) is 3.58. The number of nitrogens with one attached hydrogen (secondary N) is 1. The van der Waals surface area contributed by atoms with Crippen LogP contribution in [0.4, 0.5) is 17.3 Å². The summed E-state index contributed by atoms with van der Waals surface area (Å²) in [5, 5.41) is 10.9. The zero-order valence-corrected chi connectivity index (χ0v) is 11.5. The number of nitrogen functional groups attached to an aromatic ring is 1. The maximum absolute atomic E-state index is 10.9. The Morgan fingerprint density at radius 3 is 2.67 bits per heavy atom. The number of carbonyl (C=O) groups excluding carboxylic acids is 1. The van der Waals surface area contributed by atoms with Gasteiger partial charge in [0.1, 0.15) is 11.6 Å². The van der Waals surface area contributed by atoms with Crippen molar-refractivity contribution >= 4 is 23.2 Å². The van der Waals surface area contributed by atoms with Crippen LogP contribution >= 0.6 is 0 Å². The van der Waals surface area contributed by atoms with Crippen LogP contribution in [0, 0.1) is 16.0 Å². The maximum atomic E-state index is 10.9. The Hall–Kier alpha value is -2.42. The quantitative estimate of drug-likeness (QED) is 0.404. The van der Waals surface area contributed by atoms with Gasteiger partial charge in [0.2, 0.25) is 5.91 Å². The predicted molar refractivity (Wildman–Crippen MR) is 77.4 cm³/mol. The molecule has 1 saturated heterocycles. The monoisotopic (exact) mass is 294 g/mol. The first-order chi connectivity index (χ1) is 9.99. The highest BCUT2D eigenvalue weighted by Gasteiger charge is 2.23. The van der Waals surface area contributed by atoms with E-state index >= 15 is 0 Å². The van der Waals surface area contributed by atoms with Crippen LogP contribution in [0.25, 0.3) is 0 Å². The Bertz CT molecular complexity index is 542. The van der Waals surface area contributed by atoms with Gasteiger partial charge in [-0.05, 0) is 18.8 Å². The lowest BCUT2D eigenvalue weighted by atomic mass is 9.93. The molecule has 1 fully saturated rings. The van der Waals surface area contributed by atoms with E-state index in [9.17, 15) is 14.9 Å². The van der Waals surface area contributed by atoms with Gasteiger partial charge < -0.3 is 16.1 Å². The number of anilines is 2. The second-order valence-corrected chi connectivity index (χ2v) is 5.07. The van der Waals surface area contributed by atoms with Crippen molar-refractivity contribution in [3.8, 4) is 0 Å². The number of hydrogen-bond acceptors (Lipinski definition) is 7. The summed E-state index contributed by atoms with van der Waals surface area (Å²) in [6, 6.07) is 2.71. The summed E-state index contributed by atoms with van der Waals surface area (Å²) in [5.74, 6) is 6.02. The highest BCUT2D eigenvalue weighted by molar-refractivity contribution is 5.74. The fraction of sp³-hybridized carbons (Fsp3) is 0.500. The molecular formula is C12H18N6O3. The molecule has 0 aliphatic carbocycles. The van der Waals surface area contributed by atoms with Gasteiger partial charge in [0.15, 0.2) is 0 Å². The number of nitro groups is 1. The lowest BCUT2D eigenvalue weighted by Gasteiger charge is -2.32. The number of aromatic nitrogens is 1. The molecule has 0 unspecified atom stereocenters. The normalized spacial score (nSPS) is 15.8. The standard InChI is InChI=1S/C12H18N6O3/c13-10(19)5-8-1-3-17(4-2-8)12-7-9(18(20)21)6-11(15-12)16-14/h6-8H,1-5,14H2,(H2,13,19)(H,15,16). The molecule has 0 bridgehead atoms. The smallest absolute Gasteiger partial charge is 0.276 e. The van der Waals surface area contributed by atoms with Crippen LogP contribution in [0.1, 0.15) is 19.3 Å². The summed E-state index contributed by atoms with van der Waals surface area (Å²) in [5.41, 5.74) is 7.47. The van der Waals surface area contributed by atoms with Crippen molar-refractivity contribution in [1.29, 1.82) is 0 Å². The fourth-order valence-electron chi connectivity index (χ4n) is 2.49. The van der Waals surface area contributed by atoms with E-state index in [4.69, 9.17) is 11.6 Å². The number of primary amides is 1. The van der Waals surface area contributed by atoms with Crippen molar-refractivity contribution in [3.05, 3.63) is 22.2 Å². The van der Waals surface area contributed by atoms with Crippen molar-refractivity contribution in [3.63, 3.8) is 0 Å². The Morgan fingerprint density at radius 1 is 1.48 bits per heavy atom. The first kappa shape index (κ1) is 15.0. The van der Waals surface area contributed by atoms with Crippen LogP contribution in [0.2, 0.25) is 0 Å². The minimum atomic E-state index is -0.480. The Balaban J connectivity index is 2.10. The fourth-order valence-corrected chi connectivity index (χ4v) is 2.49. The van der Waals surface area contributed by atoms with Gasteiger partial charge in [-0.25, -0.2) is 10.8 Å². The molecule has 1 aliphatic rings. The summed E-state index contributed by atoms with van der Waals surface area (Å²) < 4.78 is 0. The van der Waals surface area contributed by atoms with Gasteiger partial charge in [0, 0.05) is 19.5 Å². The van der Waals surface area contributed by atoms with Crippen LogP contribution in [0.5, 0.6) is 0 Å². The molecule has 0 radical (unpaired) electrons. The van der Waals surface area contributed by atoms with E-state index in [0.717, 1.165) is 12.8 Å². The molecule has 114 valence electrons. The molecule has 9 nitrogen and oxygen atoms in total. The SMILES string of the molecule is NNc1cc([N+](=O)[O-])cc(N2CCC(CC(N)=O)CC2)n1. The Morgan fingerprint density at radius 2 is 2.14 bits per heavy atom. The second kappa shape index (κ2) is 6.35. The van der Waals surface area contributed by atoms with E-state index in [1.807, 2.05) is 4.90 Å². The molecule has 0 spiro atoms. The average molecular weight is 294 g/mol. The summed E-state index contributed by atoms with van der Waals surface area (Å²) >= 11 is 0. The van der Waals surface area contributed by atoms with Gasteiger partial charge >= 0.3 is 0 Å². The maximum Gasteiger partial charge on any atom is 0.276 e. The van der Waals surface area contributed by atoms with Crippen LogP contribution in [-0.2, 0) is 4.79 Å². The Kier molecular flexibility index (Phi) is 4.53. The van der Waals surface area contributed by atoms with Gasteiger partial charge in [0.25, 0.3) is 5.69 Å². The van der Waals surface area contributed by atoms with Crippen LogP contribution in [-0.4, -0.2) is 28.9 Å². The molecule has 0 saturated carbocycles. The number of hydrazine groups is 1. The number of pyridine rings is 1. The summed E-state index contributed by atoms with van der Waals surface area (Å²) in [4.78, 5) is 27.5. The van der Waals surface area contributed by atoms with Crippen molar-refractivity contribution in [2.24, 2.45) is 17.5 Å².